The Balaban J connectivity index is 1.73. The van der Waals surface area contributed by atoms with Crippen molar-refractivity contribution in [3.05, 3.63) is 48.0 Å². The number of rotatable bonds is 6. The summed E-state index contributed by atoms with van der Waals surface area (Å²) in [7, 11) is 0.808. The highest BCUT2D eigenvalue weighted by atomic mass is 19.4. The van der Waals surface area contributed by atoms with Gasteiger partial charge in [-0.3, -0.25) is 4.79 Å². The third-order valence-electron chi connectivity index (χ3n) is 5.02. The van der Waals surface area contributed by atoms with Crippen molar-refractivity contribution in [3.8, 4) is 0 Å². The van der Waals surface area contributed by atoms with E-state index in [1.54, 1.807) is 12.2 Å². The quantitative estimate of drug-likeness (QED) is 0.526. The molecule has 0 radical (unpaired) electrons. The van der Waals surface area contributed by atoms with Crippen molar-refractivity contribution in [1.29, 1.82) is 0 Å². The maximum absolute atomic E-state index is 13.9. The third kappa shape index (κ3) is 4.02. The first-order chi connectivity index (χ1) is 13.7. The Labute approximate surface area is 165 Å². The van der Waals surface area contributed by atoms with Gasteiger partial charge in [-0.05, 0) is 13.3 Å². The summed E-state index contributed by atoms with van der Waals surface area (Å²) in [5.41, 5.74) is -3.64. The average molecular weight is 414 g/mol. The molecule has 0 bridgehead atoms. The zero-order chi connectivity index (χ0) is 21.2. The fraction of sp³-hybridized carbons (Fsp3) is 0.500. The largest absolute Gasteiger partial charge is 0.459 e. The van der Waals surface area contributed by atoms with E-state index in [9.17, 15) is 22.8 Å². The van der Waals surface area contributed by atoms with Crippen molar-refractivity contribution in [2.45, 2.75) is 56.0 Å². The monoisotopic (exact) mass is 414 g/mol. The normalized spacial score (nSPS) is 27.3. The lowest BCUT2D eigenvalue weighted by Gasteiger charge is -2.34. The summed E-state index contributed by atoms with van der Waals surface area (Å²) >= 11 is 0. The van der Waals surface area contributed by atoms with Crippen LogP contribution in [0.1, 0.15) is 25.3 Å². The van der Waals surface area contributed by atoms with Gasteiger partial charge in [-0.25, -0.2) is 4.79 Å². The second kappa shape index (κ2) is 8.16. The fourth-order valence-electron chi connectivity index (χ4n) is 3.45. The van der Waals surface area contributed by atoms with E-state index < -0.39 is 42.2 Å². The molecule has 1 aromatic carbocycles. The summed E-state index contributed by atoms with van der Waals surface area (Å²) in [5.74, 6) is -1.91. The maximum Gasteiger partial charge on any atom is 0.432 e. The third-order valence-corrected chi connectivity index (χ3v) is 5.02. The van der Waals surface area contributed by atoms with Gasteiger partial charge in [-0.2, -0.15) is 13.2 Å². The predicted molar refractivity (Wildman–Crippen MR) is 93.7 cm³/mol. The van der Waals surface area contributed by atoms with E-state index in [1.807, 2.05) is 0 Å². The van der Waals surface area contributed by atoms with E-state index in [0.29, 0.717) is 6.42 Å². The lowest BCUT2D eigenvalue weighted by atomic mass is 9.92. The van der Waals surface area contributed by atoms with Crippen LogP contribution in [0.5, 0.6) is 0 Å². The van der Waals surface area contributed by atoms with Crippen LogP contribution >= 0.6 is 0 Å². The minimum Gasteiger partial charge on any atom is -0.459 e. The van der Waals surface area contributed by atoms with Gasteiger partial charge < -0.3 is 18.9 Å². The molecule has 2 aliphatic rings. The Bertz CT molecular complexity index is 778. The Morgan fingerprint density at radius 3 is 2.45 bits per heavy atom. The number of benzene rings is 1. The van der Waals surface area contributed by atoms with Gasteiger partial charge >= 0.3 is 18.1 Å². The van der Waals surface area contributed by atoms with Gasteiger partial charge in [0.2, 0.25) is 0 Å². The van der Waals surface area contributed by atoms with Crippen molar-refractivity contribution in [2.75, 3.05) is 7.11 Å². The molecule has 6 nitrogen and oxygen atoms in total. The summed E-state index contributed by atoms with van der Waals surface area (Å²) in [6.07, 6.45) is -3.82. The number of halogens is 3. The molecule has 0 aromatic heterocycles. The highest BCUT2D eigenvalue weighted by molar-refractivity contribution is 5.83. The van der Waals surface area contributed by atoms with Gasteiger partial charge in [0.1, 0.15) is 24.4 Å². The number of carbonyl (C=O) groups is 2. The molecule has 1 unspecified atom stereocenters. The molecule has 2 aliphatic heterocycles. The number of ether oxygens (including phenoxy) is 4. The Hall–Kier alpha value is -2.39. The number of carbonyl (C=O) groups excluding carboxylic acids is 2. The smallest absolute Gasteiger partial charge is 0.432 e. The molecule has 3 rings (SSSR count). The summed E-state index contributed by atoms with van der Waals surface area (Å²) in [6.45, 7) is 1.43. The van der Waals surface area contributed by atoms with Crippen LogP contribution < -0.4 is 0 Å². The zero-order valence-corrected chi connectivity index (χ0v) is 15.8. The fourth-order valence-corrected chi connectivity index (χ4v) is 3.45. The first kappa shape index (κ1) is 21.3. The molecule has 1 fully saturated rings. The number of alkyl halides is 3. The van der Waals surface area contributed by atoms with Crippen LogP contribution in [0.15, 0.2) is 42.5 Å². The second-order valence-electron chi connectivity index (χ2n) is 6.88. The summed E-state index contributed by atoms with van der Waals surface area (Å²) < 4.78 is 62.5. The van der Waals surface area contributed by atoms with E-state index in [4.69, 9.17) is 18.9 Å². The molecule has 1 saturated heterocycles. The highest BCUT2D eigenvalue weighted by Gasteiger charge is 2.64. The lowest BCUT2D eigenvalue weighted by Crippen LogP contribution is -2.53. The van der Waals surface area contributed by atoms with Crippen molar-refractivity contribution >= 4 is 11.9 Å². The van der Waals surface area contributed by atoms with Crippen LogP contribution in [0.3, 0.4) is 0 Å². The minimum atomic E-state index is -5.05. The predicted octanol–water partition coefficient (Wildman–Crippen LogP) is 3.05. The number of methoxy groups -OCH3 is 1. The van der Waals surface area contributed by atoms with Crippen LogP contribution in [0.4, 0.5) is 13.2 Å². The molecule has 9 heteroatoms. The van der Waals surface area contributed by atoms with Gasteiger partial charge in [0.25, 0.3) is 5.60 Å². The minimum absolute atomic E-state index is 0.284. The molecule has 0 spiro atoms. The van der Waals surface area contributed by atoms with Crippen molar-refractivity contribution < 1.29 is 41.7 Å². The molecule has 0 saturated carbocycles. The van der Waals surface area contributed by atoms with Gasteiger partial charge in [0.15, 0.2) is 0 Å². The van der Waals surface area contributed by atoms with Crippen LogP contribution in [-0.4, -0.2) is 49.6 Å². The van der Waals surface area contributed by atoms with Crippen LogP contribution in [-0.2, 0) is 34.1 Å². The molecular weight excluding hydrogens is 393 g/mol. The van der Waals surface area contributed by atoms with Crippen molar-refractivity contribution in [2.24, 2.45) is 0 Å². The molecule has 0 N–H and O–H groups in total. The van der Waals surface area contributed by atoms with Crippen molar-refractivity contribution in [3.63, 3.8) is 0 Å². The van der Waals surface area contributed by atoms with Crippen LogP contribution in [0.25, 0.3) is 0 Å². The molecule has 1 aromatic rings. The Morgan fingerprint density at radius 1 is 1.21 bits per heavy atom. The Kier molecular flexibility index (Phi) is 6.00. The topological polar surface area (TPSA) is 71.1 Å². The standard InChI is InChI=1S/C20H21F3O6/c1-12(14-8-9-15(28-14)16-10-11-17(24)29-16)27-18(25)19(26-2,20(21,22)23)13-6-4-3-5-7-13/h3-9,12,14-16H,10-11H2,1-2H3/t12?,14-,15-,16+,19+/m1/s1. The molecule has 5 atom stereocenters. The molecular formula is C20H21F3O6. The van der Waals surface area contributed by atoms with E-state index in [1.165, 1.54) is 25.1 Å². The van der Waals surface area contributed by atoms with Crippen molar-refractivity contribution in [1.82, 2.24) is 0 Å². The van der Waals surface area contributed by atoms with Gasteiger partial charge in [-0.1, -0.05) is 42.5 Å². The first-order valence-electron chi connectivity index (χ1n) is 9.11. The molecule has 0 aliphatic carbocycles. The van der Waals surface area contributed by atoms with E-state index >= 15 is 0 Å². The van der Waals surface area contributed by atoms with Crippen LogP contribution in [0.2, 0.25) is 0 Å². The lowest BCUT2D eigenvalue weighted by molar-refractivity contribution is -0.279. The summed E-state index contributed by atoms with van der Waals surface area (Å²) in [6, 6.07) is 6.59. The first-order valence-corrected chi connectivity index (χ1v) is 9.11. The molecule has 29 heavy (non-hydrogen) atoms. The zero-order valence-electron chi connectivity index (χ0n) is 15.8. The van der Waals surface area contributed by atoms with Crippen LogP contribution in [0, 0.1) is 0 Å². The van der Waals surface area contributed by atoms with Gasteiger partial charge in [0.05, 0.1) is 0 Å². The van der Waals surface area contributed by atoms with Gasteiger partial charge in [-0.15, -0.1) is 0 Å². The van der Waals surface area contributed by atoms with Gasteiger partial charge in [0, 0.05) is 19.1 Å². The number of hydrogen-bond acceptors (Lipinski definition) is 6. The molecule has 2 heterocycles. The average Bonchev–Trinajstić information content (AvgIpc) is 3.31. The van der Waals surface area contributed by atoms with E-state index in [2.05, 4.69) is 0 Å². The SMILES string of the molecule is CO[C@](C(=O)OC(C)[C@H]1C=C[C@H]([C@@H]2CCC(=O)O2)O1)(c1ccccc1)C(F)(F)F. The second-order valence-corrected chi connectivity index (χ2v) is 6.88. The molecule has 158 valence electrons. The summed E-state index contributed by atoms with van der Waals surface area (Å²) in [5, 5.41) is 0. The highest BCUT2D eigenvalue weighted by Crippen LogP contribution is 2.43. The van der Waals surface area contributed by atoms with E-state index in [-0.39, 0.29) is 18.0 Å². The summed E-state index contributed by atoms with van der Waals surface area (Å²) in [4.78, 5) is 23.9. The molecule has 0 amide bonds. The number of esters is 2. The maximum atomic E-state index is 13.9. The number of cyclic esters (lactones) is 1. The van der Waals surface area contributed by atoms with E-state index in [0.717, 1.165) is 19.2 Å². The number of hydrogen-bond donors (Lipinski definition) is 0. The Morgan fingerprint density at radius 2 is 1.90 bits per heavy atom.